The summed E-state index contributed by atoms with van der Waals surface area (Å²) in [5.41, 5.74) is 3.03. The van der Waals surface area contributed by atoms with Crippen molar-refractivity contribution in [3.05, 3.63) is 23.4 Å². The highest BCUT2D eigenvalue weighted by molar-refractivity contribution is 5.90. The van der Waals surface area contributed by atoms with Crippen LogP contribution in [0.3, 0.4) is 0 Å². The highest BCUT2D eigenvalue weighted by Crippen LogP contribution is 2.43. The lowest BCUT2D eigenvalue weighted by molar-refractivity contribution is 0.316. The number of aliphatic imine (C=N–C) groups is 1. The molecule has 2 aliphatic heterocycles. The van der Waals surface area contributed by atoms with Crippen LogP contribution < -0.4 is 10.6 Å². The van der Waals surface area contributed by atoms with E-state index in [2.05, 4.69) is 10.6 Å². The summed E-state index contributed by atoms with van der Waals surface area (Å²) in [4.78, 5) is 5.26. The first-order chi connectivity index (χ1) is 12.2. The fourth-order valence-corrected chi connectivity index (χ4v) is 4.90. The molecule has 2 saturated carbocycles. The van der Waals surface area contributed by atoms with E-state index < -0.39 is 6.08 Å². The Balaban J connectivity index is 1.44. The Kier molecular flexibility index (Phi) is 4.94. The van der Waals surface area contributed by atoms with Crippen LogP contribution in [0.5, 0.6) is 0 Å². The number of hydrogen-bond acceptors (Lipinski definition) is 3. The van der Waals surface area contributed by atoms with E-state index in [1.54, 1.807) is 5.57 Å². The second kappa shape index (κ2) is 7.18. The van der Waals surface area contributed by atoms with E-state index in [9.17, 15) is 8.78 Å². The molecule has 0 aromatic carbocycles. The van der Waals surface area contributed by atoms with Crippen molar-refractivity contribution in [1.29, 1.82) is 0 Å². The first-order valence-corrected chi connectivity index (χ1v) is 9.97. The fourth-order valence-electron chi connectivity index (χ4n) is 4.90. The average Bonchev–Trinajstić information content (AvgIpc) is 2.91. The maximum atomic E-state index is 12.3. The Morgan fingerprint density at radius 3 is 2.44 bits per heavy atom. The van der Waals surface area contributed by atoms with Gasteiger partial charge < -0.3 is 10.6 Å². The van der Waals surface area contributed by atoms with Gasteiger partial charge in [-0.25, -0.2) is 0 Å². The smallest absolute Gasteiger partial charge is 0.266 e. The molecule has 0 unspecified atom stereocenters. The molecule has 138 valence electrons. The second-order valence-electron chi connectivity index (χ2n) is 8.18. The molecular formula is C20H29F2N3. The molecule has 0 bridgehead atoms. The molecule has 1 saturated heterocycles. The van der Waals surface area contributed by atoms with E-state index in [4.69, 9.17) is 4.99 Å². The normalized spacial score (nSPS) is 31.4. The van der Waals surface area contributed by atoms with Gasteiger partial charge in [-0.05, 0) is 94.9 Å². The van der Waals surface area contributed by atoms with E-state index >= 15 is 0 Å². The average molecular weight is 349 g/mol. The van der Waals surface area contributed by atoms with Crippen molar-refractivity contribution in [2.24, 2.45) is 16.8 Å². The zero-order valence-electron chi connectivity index (χ0n) is 14.9. The number of piperidine rings is 1. The minimum absolute atomic E-state index is 0.00722. The highest BCUT2D eigenvalue weighted by atomic mass is 19.3. The van der Waals surface area contributed by atoms with E-state index in [0.717, 1.165) is 57.7 Å². The molecule has 0 radical (unpaired) electrons. The first kappa shape index (κ1) is 17.2. The summed E-state index contributed by atoms with van der Waals surface area (Å²) in [7, 11) is 0. The number of hydrogen-bond donors (Lipinski definition) is 2. The van der Waals surface area contributed by atoms with Crippen LogP contribution in [-0.4, -0.2) is 24.5 Å². The van der Waals surface area contributed by atoms with Gasteiger partial charge in [-0.3, -0.25) is 4.99 Å². The zero-order chi connectivity index (χ0) is 17.3. The molecule has 0 amide bonds. The standard InChI is InChI=1S/C20H29F2N3/c21-17(22)9-6-14-4-7-16(8-5-14)19-24-18(15-2-1-3-15)20(25-19)10-12-23-13-11-20/h9,14,16,23H,1-8,10-13H2,(H,24,25). The topological polar surface area (TPSA) is 36.4 Å². The molecule has 2 heterocycles. The Morgan fingerprint density at radius 2 is 1.84 bits per heavy atom. The number of nitrogens with zero attached hydrogens (tertiary/aromatic N) is 1. The summed E-state index contributed by atoms with van der Waals surface area (Å²) >= 11 is 0. The lowest BCUT2D eigenvalue weighted by atomic mass is 9.79. The van der Waals surface area contributed by atoms with Crippen molar-refractivity contribution in [1.82, 2.24) is 10.6 Å². The second-order valence-corrected chi connectivity index (χ2v) is 8.18. The van der Waals surface area contributed by atoms with Crippen LogP contribution in [0, 0.1) is 11.8 Å². The van der Waals surface area contributed by atoms with Crippen LogP contribution in [-0.2, 0) is 0 Å². The minimum atomic E-state index is -1.53. The molecule has 1 spiro atoms. The molecule has 0 atom stereocenters. The number of allylic oxidation sites excluding steroid dienone is 2. The Hall–Kier alpha value is -1.23. The summed E-state index contributed by atoms with van der Waals surface area (Å²) in [5, 5.41) is 7.23. The predicted octanol–water partition coefficient (Wildman–Crippen LogP) is 4.53. The van der Waals surface area contributed by atoms with Gasteiger partial charge >= 0.3 is 0 Å². The van der Waals surface area contributed by atoms with Gasteiger partial charge in [0, 0.05) is 11.6 Å². The fraction of sp³-hybridized carbons (Fsp3) is 0.750. The van der Waals surface area contributed by atoms with E-state index in [0.29, 0.717) is 18.3 Å². The van der Waals surface area contributed by atoms with Gasteiger partial charge in [-0.15, -0.1) is 0 Å². The van der Waals surface area contributed by atoms with Gasteiger partial charge in [0.2, 0.25) is 0 Å². The molecular weight excluding hydrogens is 320 g/mol. The Bertz CT molecular complexity index is 584. The highest BCUT2D eigenvalue weighted by Gasteiger charge is 2.44. The number of amidine groups is 1. The molecule has 4 aliphatic rings. The largest absolute Gasteiger partial charge is 0.345 e. The van der Waals surface area contributed by atoms with Crippen molar-refractivity contribution in [3.8, 4) is 0 Å². The monoisotopic (exact) mass is 349 g/mol. The summed E-state index contributed by atoms with van der Waals surface area (Å²) < 4.78 is 24.6. The van der Waals surface area contributed by atoms with Crippen LogP contribution in [0.1, 0.15) is 64.2 Å². The minimum Gasteiger partial charge on any atom is -0.345 e. The Labute approximate surface area is 149 Å². The number of rotatable bonds is 3. The lowest BCUT2D eigenvalue weighted by Crippen LogP contribution is -2.43. The molecule has 2 N–H and O–H groups in total. The van der Waals surface area contributed by atoms with Crippen LogP contribution in [0.2, 0.25) is 0 Å². The molecule has 0 aromatic rings. The summed E-state index contributed by atoms with van der Waals surface area (Å²) in [6.07, 6.45) is 10.3. The van der Waals surface area contributed by atoms with Gasteiger partial charge in [0.05, 0.1) is 0 Å². The molecule has 0 aromatic heterocycles. The van der Waals surface area contributed by atoms with Crippen LogP contribution in [0.25, 0.3) is 0 Å². The van der Waals surface area contributed by atoms with Gasteiger partial charge in [-0.1, -0.05) is 0 Å². The Morgan fingerprint density at radius 1 is 1.12 bits per heavy atom. The van der Waals surface area contributed by atoms with Gasteiger partial charge in [0.25, 0.3) is 6.08 Å². The molecule has 4 rings (SSSR count). The third kappa shape index (κ3) is 3.53. The number of nitrogens with one attached hydrogen (secondary N) is 2. The SMILES string of the molecule is FC(F)=CCC1CCC(C2=NC3(CCNCC3)C(=C3CCC3)N2)CC1. The van der Waals surface area contributed by atoms with Crippen molar-refractivity contribution in [2.75, 3.05) is 13.1 Å². The predicted molar refractivity (Wildman–Crippen MR) is 96.6 cm³/mol. The summed E-state index contributed by atoms with van der Waals surface area (Å²) in [6.45, 7) is 2.09. The summed E-state index contributed by atoms with van der Waals surface area (Å²) in [5.74, 6) is 2.10. The van der Waals surface area contributed by atoms with E-state index in [1.165, 1.54) is 30.8 Å². The van der Waals surface area contributed by atoms with Crippen LogP contribution >= 0.6 is 0 Å². The quantitative estimate of drug-likeness (QED) is 0.786. The lowest BCUT2D eigenvalue weighted by Gasteiger charge is -2.35. The third-order valence-electron chi connectivity index (χ3n) is 6.63. The maximum Gasteiger partial charge on any atom is 0.266 e. The van der Waals surface area contributed by atoms with Crippen molar-refractivity contribution < 1.29 is 8.78 Å². The van der Waals surface area contributed by atoms with Gasteiger partial charge in [0.1, 0.15) is 11.4 Å². The molecule has 3 fully saturated rings. The first-order valence-electron chi connectivity index (χ1n) is 9.97. The van der Waals surface area contributed by atoms with Crippen LogP contribution in [0.4, 0.5) is 8.78 Å². The van der Waals surface area contributed by atoms with Gasteiger partial charge in [-0.2, -0.15) is 8.78 Å². The van der Waals surface area contributed by atoms with Crippen molar-refractivity contribution in [2.45, 2.75) is 69.7 Å². The van der Waals surface area contributed by atoms with E-state index in [1.807, 2.05) is 0 Å². The zero-order valence-corrected chi connectivity index (χ0v) is 14.9. The maximum absolute atomic E-state index is 12.3. The number of halogens is 2. The van der Waals surface area contributed by atoms with E-state index in [-0.39, 0.29) is 5.54 Å². The van der Waals surface area contributed by atoms with Gasteiger partial charge in [0.15, 0.2) is 0 Å². The third-order valence-corrected chi connectivity index (χ3v) is 6.63. The van der Waals surface area contributed by atoms with Crippen molar-refractivity contribution >= 4 is 5.84 Å². The molecule has 25 heavy (non-hydrogen) atoms. The van der Waals surface area contributed by atoms with Crippen molar-refractivity contribution in [3.63, 3.8) is 0 Å². The van der Waals surface area contributed by atoms with Crippen LogP contribution in [0.15, 0.2) is 28.4 Å². The molecule has 5 heteroatoms. The summed E-state index contributed by atoms with van der Waals surface area (Å²) in [6, 6.07) is 0. The molecule has 3 nitrogen and oxygen atoms in total. The molecule has 2 aliphatic carbocycles.